The smallest absolute Gasteiger partial charge is 0.271 e. The van der Waals surface area contributed by atoms with Gasteiger partial charge in [-0.2, -0.15) is 0 Å². The van der Waals surface area contributed by atoms with Crippen LogP contribution in [0.1, 0.15) is 15.9 Å². The second-order valence-electron chi connectivity index (χ2n) is 9.56. The number of carbonyl (C=O) groups is 4. The van der Waals surface area contributed by atoms with Crippen molar-refractivity contribution in [2.45, 2.75) is 6.54 Å². The Kier molecular flexibility index (Phi) is 7.36. The second-order valence-corrected chi connectivity index (χ2v) is 9.56. The van der Waals surface area contributed by atoms with Crippen molar-refractivity contribution in [3.63, 3.8) is 0 Å². The van der Waals surface area contributed by atoms with Crippen LogP contribution in [0.25, 0.3) is 11.1 Å². The summed E-state index contributed by atoms with van der Waals surface area (Å²) in [6.07, 6.45) is 0. The molecule has 0 unspecified atom stereocenters. The molecule has 0 aromatic heterocycles. The van der Waals surface area contributed by atoms with E-state index in [2.05, 4.69) is 18.5 Å². The predicted octanol–water partition coefficient (Wildman–Crippen LogP) is 1.83. The Morgan fingerprint density at radius 2 is 1.76 bits per heavy atom. The summed E-state index contributed by atoms with van der Waals surface area (Å²) in [6.45, 7) is 8.73. The van der Waals surface area contributed by atoms with Crippen LogP contribution in [0.15, 0.2) is 61.0 Å². The molecular formula is C28H31N5O5. The van der Waals surface area contributed by atoms with Gasteiger partial charge < -0.3 is 24.8 Å². The summed E-state index contributed by atoms with van der Waals surface area (Å²) >= 11 is 0. The predicted molar refractivity (Wildman–Crippen MR) is 143 cm³/mol. The van der Waals surface area contributed by atoms with Gasteiger partial charge in [-0.25, -0.2) is 0 Å². The average molecular weight is 518 g/mol. The number of rotatable bonds is 8. The van der Waals surface area contributed by atoms with Gasteiger partial charge in [0, 0.05) is 32.7 Å². The highest BCUT2D eigenvalue weighted by Gasteiger charge is 2.34. The molecule has 2 aromatic rings. The molecule has 10 heteroatoms. The summed E-state index contributed by atoms with van der Waals surface area (Å²) in [6, 6.07) is 10.9. The third-order valence-corrected chi connectivity index (χ3v) is 6.67. The highest BCUT2D eigenvalue weighted by atomic mass is 16.5. The van der Waals surface area contributed by atoms with E-state index < -0.39 is 11.8 Å². The fourth-order valence-corrected chi connectivity index (χ4v) is 4.33. The standard InChI is InChI=1S/C28H31N5O5/c1-17(27(36)31(5)13-12-30(3)4)29-26(35)18(2)33-15-22-20(8-7-9-21(22)28(33)37)19-10-11-23-24(14-19)38-16-25(34)32(23)6/h7-11,14H,1-2,12-13,15-16H2,3-6H3,(H,29,35). The van der Waals surface area contributed by atoms with Gasteiger partial charge in [-0.1, -0.05) is 31.4 Å². The molecule has 2 heterocycles. The Bertz CT molecular complexity index is 1370. The summed E-state index contributed by atoms with van der Waals surface area (Å²) in [5, 5.41) is 2.48. The lowest BCUT2D eigenvalue weighted by molar-refractivity contribution is -0.128. The van der Waals surface area contributed by atoms with Gasteiger partial charge in [-0.3, -0.25) is 24.1 Å². The quantitative estimate of drug-likeness (QED) is 0.536. The minimum Gasteiger partial charge on any atom is -0.482 e. The maximum Gasteiger partial charge on any atom is 0.271 e. The summed E-state index contributed by atoms with van der Waals surface area (Å²) < 4.78 is 5.62. The van der Waals surface area contributed by atoms with Crippen molar-refractivity contribution >= 4 is 29.3 Å². The molecule has 1 N–H and O–H groups in total. The van der Waals surface area contributed by atoms with Crippen LogP contribution >= 0.6 is 0 Å². The Balaban J connectivity index is 1.50. The van der Waals surface area contributed by atoms with E-state index in [1.54, 1.807) is 37.2 Å². The molecule has 2 aliphatic rings. The zero-order valence-corrected chi connectivity index (χ0v) is 22.0. The Morgan fingerprint density at radius 3 is 2.47 bits per heavy atom. The summed E-state index contributed by atoms with van der Waals surface area (Å²) in [7, 11) is 7.12. The van der Waals surface area contributed by atoms with Gasteiger partial charge >= 0.3 is 0 Å². The van der Waals surface area contributed by atoms with Crippen LogP contribution in [-0.2, 0) is 20.9 Å². The molecule has 0 aliphatic carbocycles. The lowest BCUT2D eigenvalue weighted by atomic mass is 9.96. The third-order valence-electron chi connectivity index (χ3n) is 6.67. The van der Waals surface area contributed by atoms with E-state index in [9.17, 15) is 19.2 Å². The van der Waals surface area contributed by atoms with Crippen LogP contribution in [0.4, 0.5) is 5.69 Å². The molecule has 2 aromatic carbocycles. The van der Waals surface area contributed by atoms with Gasteiger partial charge in [-0.15, -0.1) is 0 Å². The average Bonchev–Trinajstić information content (AvgIpc) is 3.24. The number of likely N-dealkylation sites (N-methyl/N-ethyl adjacent to an activating group) is 3. The van der Waals surface area contributed by atoms with E-state index in [4.69, 9.17) is 4.74 Å². The molecule has 10 nitrogen and oxygen atoms in total. The first kappa shape index (κ1) is 26.6. The van der Waals surface area contributed by atoms with Gasteiger partial charge in [0.1, 0.15) is 11.4 Å². The van der Waals surface area contributed by atoms with Crippen LogP contribution in [-0.4, -0.2) is 86.2 Å². The summed E-state index contributed by atoms with van der Waals surface area (Å²) in [5.74, 6) is -1.02. The first-order chi connectivity index (χ1) is 18.0. The van der Waals surface area contributed by atoms with E-state index in [0.717, 1.165) is 16.7 Å². The highest BCUT2D eigenvalue weighted by Crippen LogP contribution is 2.39. The number of nitrogens with zero attached hydrogens (tertiary/aromatic N) is 4. The summed E-state index contributed by atoms with van der Waals surface area (Å²) in [5.41, 5.74) is 3.30. The Labute approximate surface area is 221 Å². The van der Waals surface area contributed by atoms with Crippen LogP contribution in [0, 0.1) is 0 Å². The maximum absolute atomic E-state index is 13.2. The fraction of sp³-hybridized carbons (Fsp3) is 0.286. The molecule has 4 rings (SSSR count). The number of ether oxygens (including phenoxy) is 1. The Hall–Kier alpha value is -4.44. The number of fused-ring (bicyclic) bond motifs is 2. The number of carbonyl (C=O) groups excluding carboxylic acids is 4. The van der Waals surface area contributed by atoms with E-state index in [1.807, 2.05) is 37.2 Å². The lowest BCUT2D eigenvalue weighted by Gasteiger charge is -2.26. The van der Waals surface area contributed by atoms with E-state index in [-0.39, 0.29) is 36.4 Å². The van der Waals surface area contributed by atoms with Crippen molar-refractivity contribution in [3.8, 4) is 16.9 Å². The molecular weight excluding hydrogens is 486 g/mol. The number of hydrogen-bond donors (Lipinski definition) is 1. The molecule has 198 valence electrons. The molecule has 4 amide bonds. The van der Waals surface area contributed by atoms with Crippen LogP contribution < -0.4 is 15.0 Å². The largest absolute Gasteiger partial charge is 0.482 e. The number of benzene rings is 2. The zero-order chi connectivity index (χ0) is 27.7. The van der Waals surface area contributed by atoms with Gasteiger partial charge in [-0.05, 0) is 49.0 Å². The van der Waals surface area contributed by atoms with Crippen LogP contribution in [0.3, 0.4) is 0 Å². The normalized spacial score (nSPS) is 14.1. The molecule has 0 fully saturated rings. The molecule has 0 bridgehead atoms. The number of amides is 4. The van der Waals surface area contributed by atoms with Gasteiger partial charge in [0.05, 0.1) is 17.9 Å². The molecule has 2 aliphatic heterocycles. The fourth-order valence-electron chi connectivity index (χ4n) is 4.33. The molecule has 0 spiro atoms. The minimum atomic E-state index is -0.679. The Morgan fingerprint density at radius 1 is 1.05 bits per heavy atom. The molecule has 0 atom stereocenters. The van der Waals surface area contributed by atoms with Crippen LogP contribution in [0.5, 0.6) is 5.75 Å². The molecule has 38 heavy (non-hydrogen) atoms. The van der Waals surface area contributed by atoms with Gasteiger partial charge in [0.2, 0.25) is 0 Å². The first-order valence-electron chi connectivity index (χ1n) is 12.1. The maximum atomic E-state index is 13.2. The molecule has 0 saturated heterocycles. The topological polar surface area (TPSA) is 102 Å². The summed E-state index contributed by atoms with van der Waals surface area (Å²) in [4.78, 5) is 56.9. The van der Waals surface area contributed by atoms with Gasteiger partial charge in [0.15, 0.2) is 6.61 Å². The third kappa shape index (κ3) is 5.03. The van der Waals surface area contributed by atoms with Crippen LogP contribution in [0.2, 0.25) is 0 Å². The highest BCUT2D eigenvalue weighted by molar-refractivity contribution is 6.08. The first-order valence-corrected chi connectivity index (χ1v) is 12.1. The van der Waals surface area contributed by atoms with E-state index in [0.29, 0.717) is 30.1 Å². The molecule has 0 saturated carbocycles. The van der Waals surface area contributed by atoms with Crippen molar-refractivity contribution in [3.05, 3.63) is 72.1 Å². The zero-order valence-electron chi connectivity index (χ0n) is 22.0. The van der Waals surface area contributed by atoms with Crippen molar-refractivity contribution in [2.24, 2.45) is 0 Å². The number of nitrogens with one attached hydrogen (secondary N) is 1. The number of hydrogen-bond acceptors (Lipinski definition) is 6. The monoisotopic (exact) mass is 517 g/mol. The van der Waals surface area contributed by atoms with E-state index in [1.165, 1.54) is 9.80 Å². The lowest BCUT2D eigenvalue weighted by Crippen LogP contribution is -2.41. The van der Waals surface area contributed by atoms with Crippen molar-refractivity contribution < 1.29 is 23.9 Å². The van der Waals surface area contributed by atoms with E-state index >= 15 is 0 Å². The second kappa shape index (κ2) is 10.5. The van der Waals surface area contributed by atoms with Crippen molar-refractivity contribution in [1.29, 1.82) is 0 Å². The van der Waals surface area contributed by atoms with Crippen molar-refractivity contribution in [2.75, 3.05) is 52.8 Å². The van der Waals surface area contributed by atoms with Crippen molar-refractivity contribution in [1.82, 2.24) is 20.0 Å². The minimum absolute atomic E-state index is 0.0414. The molecule has 0 radical (unpaired) electrons. The van der Waals surface area contributed by atoms with Gasteiger partial charge in [0.25, 0.3) is 23.6 Å². The number of anilines is 1. The SMILES string of the molecule is C=C(NC(=O)C(=C)N1Cc2c(cccc2-c2ccc3c(c2)OCC(=O)N3C)C1=O)C(=O)N(C)CCN(C)C.